The molecule has 4 rings (SSSR count). The van der Waals surface area contributed by atoms with Crippen LogP contribution >= 0.6 is 11.3 Å². The minimum absolute atomic E-state index is 0.174. The monoisotopic (exact) mass is 396 g/mol. The van der Waals surface area contributed by atoms with E-state index in [1.54, 1.807) is 11.3 Å². The van der Waals surface area contributed by atoms with Crippen molar-refractivity contribution in [3.8, 4) is 10.4 Å². The van der Waals surface area contributed by atoms with Gasteiger partial charge in [-0.3, -0.25) is 9.59 Å². The summed E-state index contributed by atoms with van der Waals surface area (Å²) in [4.78, 5) is 31.2. The average molecular weight is 397 g/mol. The van der Waals surface area contributed by atoms with E-state index in [4.69, 9.17) is 0 Å². The first-order valence-electron chi connectivity index (χ1n) is 10.4. The van der Waals surface area contributed by atoms with Gasteiger partial charge in [0.2, 0.25) is 11.8 Å². The van der Waals surface area contributed by atoms with Crippen LogP contribution in [-0.4, -0.2) is 47.8 Å². The Labute approximate surface area is 171 Å². The normalized spacial score (nSPS) is 20.8. The molecule has 1 aromatic carbocycles. The molecule has 5 heteroatoms. The fraction of sp³-hybridized carbons (Fsp3) is 0.478. The van der Waals surface area contributed by atoms with Crippen LogP contribution in [0.1, 0.15) is 31.7 Å². The van der Waals surface area contributed by atoms with E-state index in [1.807, 2.05) is 22.8 Å². The molecular formula is C23H28N2O2S. The summed E-state index contributed by atoms with van der Waals surface area (Å²) in [6.07, 6.45) is 3.85. The van der Waals surface area contributed by atoms with Gasteiger partial charge in [0.05, 0.1) is 5.92 Å². The number of carbonyl (C=O) groups is 2. The van der Waals surface area contributed by atoms with Crippen LogP contribution in [0.3, 0.4) is 0 Å². The predicted molar refractivity (Wildman–Crippen MR) is 113 cm³/mol. The van der Waals surface area contributed by atoms with Gasteiger partial charge >= 0.3 is 0 Å². The first-order valence-corrected chi connectivity index (χ1v) is 11.2. The van der Waals surface area contributed by atoms with Crippen LogP contribution < -0.4 is 0 Å². The smallest absolute Gasteiger partial charge is 0.227 e. The summed E-state index contributed by atoms with van der Waals surface area (Å²) < 4.78 is 0. The highest BCUT2D eigenvalue weighted by atomic mass is 32.1. The van der Waals surface area contributed by atoms with Gasteiger partial charge in [0.25, 0.3) is 0 Å². The molecule has 2 aromatic rings. The van der Waals surface area contributed by atoms with Crippen LogP contribution in [-0.2, 0) is 16.0 Å². The van der Waals surface area contributed by atoms with Crippen LogP contribution in [0.2, 0.25) is 0 Å². The number of hydrogen-bond donors (Lipinski definition) is 0. The van der Waals surface area contributed by atoms with Crippen LogP contribution in [0.5, 0.6) is 0 Å². The number of amides is 2. The van der Waals surface area contributed by atoms with Crippen molar-refractivity contribution in [3.05, 3.63) is 47.3 Å². The standard InChI is InChI=1S/C23H28N2O2S/c1-2-24-12-13-25(22(26)17-8-5-9-17)16-19(23(24)27)15-18-7-3-4-10-20(18)21-11-6-14-28-21/h3-4,6-7,10-11,14,17,19H,2,5,8-9,12-13,15-16H2,1H3/t19-/m0/s1. The van der Waals surface area contributed by atoms with Gasteiger partial charge in [-0.25, -0.2) is 0 Å². The first-order chi connectivity index (χ1) is 13.7. The number of rotatable bonds is 5. The van der Waals surface area contributed by atoms with E-state index in [0.29, 0.717) is 32.6 Å². The highest BCUT2D eigenvalue weighted by molar-refractivity contribution is 7.13. The van der Waals surface area contributed by atoms with Crippen molar-refractivity contribution >= 4 is 23.2 Å². The van der Waals surface area contributed by atoms with Crippen molar-refractivity contribution in [2.24, 2.45) is 11.8 Å². The Bertz CT molecular complexity index is 829. The molecule has 1 aromatic heterocycles. The predicted octanol–water partition coefficient (Wildman–Crippen LogP) is 4.06. The lowest BCUT2D eigenvalue weighted by atomic mass is 9.84. The molecular weight excluding hydrogens is 368 g/mol. The number of likely N-dealkylation sites (N-methyl/N-ethyl adjacent to an activating group) is 1. The third-order valence-electron chi connectivity index (χ3n) is 6.16. The fourth-order valence-corrected chi connectivity index (χ4v) is 5.05. The number of nitrogens with zero attached hydrogens (tertiary/aromatic N) is 2. The van der Waals surface area contributed by atoms with Crippen LogP contribution in [0.4, 0.5) is 0 Å². The van der Waals surface area contributed by atoms with Crippen LogP contribution in [0.25, 0.3) is 10.4 Å². The van der Waals surface area contributed by atoms with Crippen molar-refractivity contribution in [1.82, 2.24) is 9.80 Å². The zero-order valence-electron chi connectivity index (χ0n) is 16.5. The van der Waals surface area contributed by atoms with Gasteiger partial charge in [-0.05, 0) is 48.8 Å². The third-order valence-corrected chi connectivity index (χ3v) is 7.06. The molecule has 2 heterocycles. The lowest BCUT2D eigenvalue weighted by Gasteiger charge is -2.32. The Morgan fingerprint density at radius 2 is 1.96 bits per heavy atom. The molecule has 2 fully saturated rings. The molecule has 1 aliphatic carbocycles. The topological polar surface area (TPSA) is 40.6 Å². The van der Waals surface area contributed by atoms with Gasteiger partial charge in [-0.15, -0.1) is 11.3 Å². The molecule has 28 heavy (non-hydrogen) atoms. The van der Waals surface area contributed by atoms with Gasteiger partial charge in [0.1, 0.15) is 0 Å². The van der Waals surface area contributed by atoms with Crippen molar-refractivity contribution in [2.45, 2.75) is 32.6 Å². The van der Waals surface area contributed by atoms with Crippen LogP contribution in [0, 0.1) is 11.8 Å². The molecule has 0 bridgehead atoms. The molecule has 1 saturated carbocycles. The van der Waals surface area contributed by atoms with Gasteiger partial charge in [0, 0.05) is 37.0 Å². The first kappa shape index (κ1) is 19.2. The molecule has 0 radical (unpaired) electrons. The molecule has 2 amide bonds. The maximum absolute atomic E-state index is 13.2. The van der Waals surface area contributed by atoms with E-state index in [-0.39, 0.29) is 23.7 Å². The molecule has 1 aliphatic heterocycles. The number of carbonyl (C=O) groups excluding carboxylic acids is 2. The maximum atomic E-state index is 13.2. The van der Waals surface area contributed by atoms with E-state index in [0.717, 1.165) is 19.3 Å². The number of thiophene rings is 1. The minimum atomic E-state index is -0.174. The SMILES string of the molecule is CCN1CCN(C(=O)C2CCC2)C[C@H](Cc2ccccc2-c2cccs2)C1=O. The lowest BCUT2D eigenvalue weighted by molar-refractivity contribution is -0.138. The molecule has 1 atom stereocenters. The van der Waals surface area contributed by atoms with Crippen molar-refractivity contribution in [2.75, 3.05) is 26.2 Å². The van der Waals surface area contributed by atoms with Gasteiger partial charge < -0.3 is 9.80 Å². The highest BCUT2D eigenvalue weighted by Crippen LogP contribution is 2.32. The zero-order valence-corrected chi connectivity index (χ0v) is 17.3. The summed E-state index contributed by atoms with van der Waals surface area (Å²) in [6.45, 7) is 4.59. The molecule has 0 N–H and O–H groups in total. The maximum Gasteiger partial charge on any atom is 0.227 e. The molecule has 0 spiro atoms. The largest absolute Gasteiger partial charge is 0.341 e. The van der Waals surface area contributed by atoms with E-state index in [9.17, 15) is 9.59 Å². The molecule has 4 nitrogen and oxygen atoms in total. The van der Waals surface area contributed by atoms with Gasteiger partial charge in [-0.1, -0.05) is 36.8 Å². The fourth-order valence-electron chi connectivity index (χ4n) is 4.26. The molecule has 1 saturated heterocycles. The third kappa shape index (κ3) is 3.86. The summed E-state index contributed by atoms with van der Waals surface area (Å²) in [5.74, 6) is 0.454. The summed E-state index contributed by atoms with van der Waals surface area (Å²) in [5.41, 5.74) is 2.40. The van der Waals surface area contributed by atoms with Crippen molar-refractivity contribution in [3.63, 3.8) is 0 Å². The Hall–Kier alpha value is -2.14. The average Bonchev–Trinajstić information content (AvgIpc) is 3.14. The summed E-state index contributed by atoms with van der Waals surface area (Å²) in [5, 5.41) is 2.08. The van der Waals surface area contributed by atoms with E-state index in [2.05, 4.69) is 35.7 Å². The van der Waals surface area contributed by atoms with Crippen LogP contribution in [0.15, 0.2) is 41.8 Å². The zero-order chi connectivity index (χ0) is 19.5. The second kappa shape index (κ2) is 8.48. The Morgan fingerprint density at radius 1 is 1.14 bits per heavy atom. The molecule has 0 unspecified atom stereocenters. The van der Waals surface area contributed by atoms with E-state index < -0.39 is 0 Å². The lowest BCUT2D eigenvalue weighted by Crippen LogP contribution is -2.42. The van der Waals surface area contributed by atoms with E-state index in [1.165, 1.54) is 16.0 Å². The molecule has 148 valence electrons. The number of hydrogen-bond acceptors (Lipinski definition) is 3. The second-order valence-electron chi connectivity index (χ2n) is 7.87. The molecule has 2 aliphatic rings. The minimum Gasteiger partial charge on any atom is -0.341 e. The Kier molecular flexibility index (Phi) is 5.81. The van der Waals surface area contributed by atoms with Gasteiger partial charge in [0.15, 0.2) is 0 Å². The summed E-state index contributed by atoms with van der Waals surface area (Å²) >= 11 is 1.72. The Morgan fingerprint density at radius 3 is 2.64 bits per heavy atom. The summed E-state index contributed by atoms with van der Waals surface area (Å²) in [7, 11) is 0. The van der Waals surface area contributed by atoms with E-state index >= 15 is 0 Å². The summed E-state index contributed by atoms with van der Waals surface area (Å²) in [6, 6.07) is 12.5. The second-order valence-corrected chi connectivity index (χ2v) is 8.81. The van der Waals surface area contributed by atoms with Crippen molar-refractivity contribution in [1.29, 1.82) is 0 Å². The van der Waals surface area contributed by atoms with Gasteiger partial charge in [-0.2, -0.15) is 0 Å². The quantitative estimate of drug-likeness (QED) is 0.765. The highest BCUT2D eigenvalue weighted by Gasteiger charge is 2.36. The Balaban J connectivity index is 1.59. The van der Waals surface area contributed by atoms with Crippen molar-refractivity contribution < 1.29 is 9.59 Å². The number of benzene rings is 1.